The number of aromatic carboxylic acids is 1. The Morgan fingerprint density at radius 3 is 2.64 bits per heavy atom. The van der Waals surface area contributed by atoms with Gasteiger partial charge in [0.05, 0.1) is 35.6 Å². The van der Waals surface area contributed by atoms with Crippen molar-refractivity contribution in [1.82, 2.24) is 9.55 Å². The molecule has 7 nitrogen and oxygen atoms in total. The van der Waals surface area contributed by atoms with E-state index in [-0.39, 0.29) is 29.1 Å². The number of benzene rings is 2. The van der Waals surface area contributed by atoms with Crippen molar-refractivity contribution < 1.29 is 32.6 Å². The fraction of sp³-hybridized carbons (Fsp3) is 0.167. The fourth-order valence-corrected chi connectivity index (χ4v) is 2.73. The molecule has 0 spiro atoms. The minimum absolute atomic E-state index is 0.0384. The van der Waals surface area contributed by atoms with Gasteiger partial charge in [-0.3, -0.25) is 4.79 Å². The van der Waals surface area contributed by atoms with E-state index in [1.807, 2.05) is 0 Å². The Morgan fingerprint density at radius 1 is 1.25 bits per heavy atom. The first-order chi connectivity index (χ1) is 13.2. The predicted molar refractivity (Wildman–Crippen MR) is 93.3 cm³/mol. The van der Waals surface area contributed by atoms with Gasteiger partial charge in [0.1, 0.15) is 12.3 Å². The van der Waals surface area contributed by atoms with Crippen molar-refractivity contribution in [3.05, 3.63) is 53.9 Å². The second kappa shape index (κ2) is 7.22. The van der Waals surface area contributed by atoms with E-state index >= 15 is 0 Å². The highest BCUT2D eigenvalue weighted by atomic mass is 19.4. The van der Waals surface area contributed by atoms with Gasteiger partial charge in [0.2, 0.25) is 5.91 Å². The van der Waals surface area contributed by atoms with Gasteiger partial charge < -0.3 is 19.7 Å². The number of methoxy groups -OCH3 is 1. The first kappa shape index (κ1) is 19.2. The maximum absolute atomic E-state index is 13.0. The highest BCUT2D eigenvalue weighted by molar-refractivity contribution is 6.01. The molecule has 0 atom stereocenters. The summed E-state index contributed by atoms with van der Waals surface area (Å²) >= 11 is 0. The maximum atomic E-state index is 13.0. The number of carboxylic acids is 1. The predicted octanol–water partition coefficient (Wildman–Crippen LogP) is 3.40. The topological polar surface area (TPSA) is 93.5 Å². The van der Waals surface area contributed by atoms with E-state index in [9.17, 15) is 27.9 Å². The third-order valence-corrected chi connectivity index (χ3v) is 3.94. The molecule has 28 heavy (non-hydrogen) atoms. The number of imidazole rings is 1. The second-order valence-corrected chi connectivity index (χ2v) is 5.85. The van der Waals surface area contributed by atoms with Crippen molar-refractivity contribution in [3.8, 4) is 5.75 Å². The number of alkyl halides is 3. The average Bonchev–Trinajstić information content (AvgIpc) is 3.03. The lowest BCUT2D eigenvalue weighted by molar-refractivity contribution is -0.137. The lowest BCUT2D eigenvalue weighted by atomic mass is 10.1. The van der Waals surface area contributed by atoms with E-state index in [1.165, 1.54) is 36.2 Å². The fourth-order valence-electron chi connectivity index (χ4n) is 2.73. The number of nitrogens with zero attached hydrogens (tertiary/aromatic N) is 2. The van der Waals surface area contributed by atoms with Crippen LogP contribution in [0, 0.1) is 0 Å². The van der Waals surface area contributed by atoms with Crippen molar-refractivity contribution in [1.29, 1.82) is 0 Å². The molecule has 1 heterocycles. The van der Waals surface area contributed by atoms with Crippen molar-refractivity contribution in [2.75, 3.05) is 12.4 Å². The first-order valence-electron chi connectivity index (χ1n) is 7.92. The summed E-state index contributed by atoms with van der Waals surface area (Å²) in [7, 11) is 1.21. The Bertz CT molecular complexity index is 1060. The summed E-state index contributed by atoms with van der Waals surface area (Å²) in [4.78, 5) is 27.8. The van der Waals surface area contributed by atoms with Crippen LogP contribution in [0.5, 0.6) is 5.75 Å². The number of para-hydroxylation sites is 1. The third kappa shape index (κ3) is 3.90. The van der Waals surface area contributed by atoms with Gasteiger partial charge in [0.25, 0.3) is 0 Å². The van der Waals surface area contributed by atoms with E-state index in [1.54, 1.807) is 6.07 Å². The molecule has 10 heteroatoms. The molecule has 0 fully saturated rings. The number of anilines is 1. The number of carboxylic acid groups (broad SMARTS) is 1. The molecule has 0 aliphatic heterocycles. The highest BCUT2D eigenvalue weighted by Gasteiger charge is 2.31. The van der Waals surface area contributed by atoms with E-state index in [4.69, 9.17) is 4.74 Å². The number of carbonyl (C=O) groups excluding carboxylic acids is 1. The number of hydrogen-bond donors (Lipinski definition) is 2. The van der Waals surface area contributed by atoms with Gasteiger partial charge in [-0.2, -0.15) is 13.2 Å². The average molecular weight is 393 g/mol. The molecule has 0 saturated carbocycles. The maximum Gasteiger partial charge on any atom is 0.416 e. The SMILES string of the molecule is COc1cc(NC(=O)Cn2cnc3cccc(C(=O)O)c32)cc(C(F)(F)F)c1. The summed E-state index contributed by atoms with van der Waals surface area (Å²) in [5.74, 6) is -1.90. The monoisotopic (exact) mass is 393 g/mol. The van der Waals surface area contributed by atoms with Crippen LogP contribution in [-0.4, -0.2) is 33.6 Å². The largest absolute Gasteiger partial charge is 0.497 e. The minimum Gasteiger partial charge on any atom is -0.497 e. The normalized spacial score (nSPS) is 11.4. The third-order valence-electron chi connectivity index (χ3n) is 3.94. The van der Waals surface area contributed by atoms with Gasteiger partial charge in [-0.15, -0.1) is 0 Å². The molecule has 0 radical (unpaired) electrons. The van der Waals surface area contributed by atoms with Crippen LogP contribution in [0.4, 0.5) is 18.9 Å². The Balaban J connectivity index is 1.88. The smallest absolute Gasteiger partial charge is 0.416 e. The molecule has 0 bridgehead atoms. The minimum atomic E-state index is -4.61. The zero-order chi connectivity index (χ0) is 20.5. The van der Waals surface area contributed by atoms with Crippen molar-refractivity contribution in [2.45, 2.75) is 12.7 Å². The summed E-state index contributed by atoms with van der Waals surface area (Å²) in [6, 6.07) is 7.35. The lowest BCUT2D eigenvalue weighted by Gasteiger charge is -2.13. The van der Waals surface area contributed by atoms with Crippen LogP contribution in [0.3, 0.4) is 0 Å². The van der Waals surface area contributed by atoms with E-state index in [2.05, 4.69) is 10.3 Å². The van der Waals surface area contributed by atoms with Crippen LogP contribution in [0.1, 0.15) is 15.9 Å². The number of rotatable bonds is 5. The zero-order valence-corrected chi connectivity index (χ0v) is 14.4. The van der Waals surface area contributed by atoms with Crippen LogP contribution in [0.15, 0.2) is 42.7 Å². The number of aromatic nitrogens is 2. The van der Waals surface area contributed by atoms with Crippen LogP contribution in [-0.2, 0) is 17.5 Å². The number of amides is 1. The molecule has 0 aliphatic rings. The van der Waals surface area contributed by atoms with Gasteiger partial charge in [0, 0.05) is 11.8 Å². The number of fused-ring (bicyclic) bond motifs is 1. The van der Waals surface area contributed by atoms with Gasteiger partial charge in [0.15, 0.2) is 0 Å². The number of hydrogen-bond acceptors (Lipinski definition) is 4. The molecule has 146 valence electrons. The summed E-state index contributed by atoms with van der Waals surface area (Å²) < 4.78 is 45.1. The number of halogens is 3. The summed E-state index contributed by atoms with van der Waals surface area (Å²) in [5, 5.41) is 11.7. The van der Waals surface area contributed by atoms with Crippen molar-refractivity contribution >= 4 is 28.6 Å². The van der Waals surface area contributed by atoms with Crippen LogP contribution in [0.25, 0.3) is 11.0 Å². The molecule has 0 aliphatic carbocycles. The Morgan fingerprint density at radius 2 is 2.00 bits per heavy atom. The molecule has 1 amide bonds. The number of carbonyl (C=O) groups is 2. The lowest BCUT2D eigenvalue weighted by Crippen LogP contribution is -2.19. The Hall–Kier alpha value is -3.56. The van der Waals surface area contributed by atoms with Gasteiger partial charge in [-0.25, -0.2) is 9.78 Å². The Labute approximate surface area is 156 Å². The molecule has 2 aromatic carbocycles. The quantitative estimate of drug-likeness (QED) is 0.693. The molecule has 3 aromatic rings. The molecule has 3 rings (SSSR count). The van der Waals surface area contributed by atoms with Crippen LogP contribution < -0.4 is 10.1 Å². The summed E-state index contributed by atoms with van der Waals surface area (Å²) in [6.45, 7) is -0.334. The molecule has 0 saturated heterocycles. The van der Waals surface area contributed by atoms with Gasteiger partial charge in [-0.1, -0.05) is 6.07 Å². The highest BCUT2D eigenvalue weighted by Crippen LogP contribution is 2.34. The molecule has 1 aromatic heterocycles. The van der Waals surface area contributed by atoms with E-state index < -0.39 is 23.6 Å². The second-order valence-electron chi connectivity index (χ2n) is 5.85. The van der Waals surface area contributed by atoms with Crippen LogP contribution in [0.2, 0.25) is 0 Å². The van der Waals surface area contributed by atoms with Crippen molar-refractivity contribution in [2.24, 2.45) is 0 Å². The summed E-state index contributed by atoms with van der Waals surface area (Å²) in [6.07, 6.45) is -3.31. The number of ether oxygens (including phenoxy) is 1. The van der Waals surface area contributed by atoms with E-state index in [0.717, 1.165) is 12.1 Å². The molecule has 0 unspecified atom stereocenters. The van der Waals surface area contributed by atoms with Crippen LogP contribution >= 0.6 is 0 Å². The number of nitrogens with one attached hydrogen (secondary N) is 1. The van der Waals surface area contributed by atoms with Gasteiger partial charge >= 0.3 is 12.1 Å². The van der Waals surface area contributed by atoms with Crippen molar-refractivity contribution in [3.63, 3.8) is 0 Å². The zero-order valence-electron chi connectivity index (χ0n) is 14.4. The molecular weight excluding hydrogens is 379 g/mol. The van der Waals surface area contributed by atoms with E-state index in [0.29, 0.717) is 5.52 Å². The molecule has 2 N–H and O–H groups in total. The standard InChI is InChI=1S/C18H14F3N3O4/c1-28-12-6-10(18(19,20)21)5-11(7-12)23-15(25)8-24-9-22-14-4-2-3-13(16(14)24)17(26)27/h2-7,9H,8H2,1H3,(H,23,25)(H,26,27). The van der Waals surface area contributed by atoms with Gasteiger partial charge in [-0.05, 0) is 24.3 Å². The first-order valence-corrected chi connectivity index (χ1v) is 7.92. The Kier molecular flexibility index (Phi) is 4.95. The molecular formula is C18H14F3N3O4. The summed E-state index contributed by atoms with van der Waals surface area (Å²) in [5.41, 5.74) is -0.480.